The molecule has 0 aliphatic heterocycles. The van der Waals surface area contributed by atoms with Gasteiger partial charge in [0.05, 0.1) is 12.5 Å². The minimum absolute atomic E-state index is 0.0818. The molecule has 4 nitrogen and oxygen atoms in total. The Morgan fingerprint density at radius 2 is 1.57 bits per heavy atom. The van der Waals surface area contributed by atoms with E-state index >= 15 is 0 Å². The summed E-state index contributed by atoms with van der Waals surface area (Å²) in [4.78, 5) is 23.3. The number of rotatable bonds is 5. The summed E-state index contributed by atoms with van der Waals surface area (Å²) < 4.78 is 5.26. The van der Waals surface area contributed by atoms with Crippen LogP contribution >= 0.6 is 0 Å². The Morgan fingerprint density at radius 1 is 1.00 bits per heavy atom. The molecule has 0 saturated heterocycles. The maximum absolute atomic E-state index is 12.0. The average molecular weight is 283 g/mol. The van der Waals surface area contributed by atoms with Gasteiger partial charge in [0.25, 0.3) is 0 Å². The first-order chi connectivity index (χ1) is 10.1. The molecule has 0 heterocycles. The molecule has 1 atom stereocenters. The van der Waals surface area contributed by atoms with E-state index in [1.54, 1.807) is 24.3 Å². The Hall–Kier alpha value is -2.62. The topological polar surface area (TPSA) is 55.4 Å². The monoisotopic (exact) mass is 283 g/mol. The molecule has 2 rings (SSSR count). The molecule has 108 valence electrons. The van der Waals surface area contributed by atoms with Crippen molar-refractivity contribution in [3.63, 3.8) is 0 Å². The minimum Gasteiger partial charge on any atom is -0.426 e. The van der Waals surface area contributed by atoms with Crippen LogP contribution in [-0.2, 0) is 9.59 Å². The summed E-state index contributed by atoms with van der Waals surface area (Å²) in [5.74, 6) is -0.0719. The lowest BCUT2D eigenvalue weighted by atomic mass is 10.0. The molecule has 1 N–H and O–H groups in total. The molecular formula is C17H17NO3. The number of ether oxygens (including phenoxy) is 1. The van der Waals surface area contributed by atoms with Crippen molar-refractivity contribution in [2.45, 2.75) is 19.4 Å². The van der Waals surface area contributed by atoms with Gasteiger partial charge >= 0.3 is 5.97 Å². The average Bonchev–Trinajstić information content (AvgIpc) is 2.48. The molecule has 1 amide bonds. The van der Waals surface area contributed by atoms with Gasteiger partial charge in [-0.15, -0.1) is 0 Å². The normalized spacial score (nSPS) is 11.5. The van der Waals surface area contributed by atoms with Crippen LogP contribution in [0.5, 0.6) is 5.75 Å². The van der Waals surface area contributed by atoms with Crippen LogP contribution < -0.4 is 10.1 Å². The standard InChI is InChI=1S/C17H17NO3/c1-13(19)18-16(14-8-4-2-5-9-14)12-17(20)21-15-10-6-3-7-11-15/h2-11,16H,12H2,1H3,(H,18,19). The van der Waals surface area contributed by atoms with E-state index in [0.717, 1.165) is 5.56 Å². The summed E-state index contributed by atoms with van der Waals surface area (Å²) >= 11 is 0. The van der Waals surface area contributed by atoms with Crippen LogP contribution in [-0.4, -0.2) is 11.9 Å². The zero-order chi connectivity index (χ0) is 15.1. The van der Waals surface area contributed by atoms with Crippen molar-refractivity contribution in [1.82, 2.24) is 5.32 Å². The first kappa shape index (κ1) is 14.8. The van der Waals surface area contributed by atoms with Crippen LogP contribution in [0.4, 0.5) is 0 Å². The highest BCUT2D eigenvalue weighted by Crippen LogP contribution is 2.18. The van der Waals surface area contributed by atoms with Gasteiger partial charge in [0, 0.05) is 6.92 Å². The van der Waals surface area contributed by atoms with E-state index in [1.165, 1.54) is 6.92 Å². The van der Waals surface area contributed by atoms with Crippen LogP contribution in [0.1, 0.15) is 24.9 Å². The summed E-state index contributed by atoms with van der Waals surface area (Å²) in [6.45, 7) is 1.43. The Balaban J connectivity index is 2.05. The van der Waals surface area contributed by atoms with Gasteiger partial charge in [-0.05, 0) is 17.7 Å². The number of hydrogen-bond acceptors (Lipinski definition) is 3. The van der Waals surface area contributed by atoms with E-state index in [2.05, 4.69) is 5.32 Å². The van der Waals surface area contributed by atoms with E-state index in [4.69, 9.17) is 4.74 Å². The minimum atomic E-state index is -0.389. The van der Waals surface area contributed by atoms with Crippen molar-refractivity contribution in [2.24, 2.45) is 0 Å². The molecule has 2 aromatic carbocycles. The van der Waals surface area contributed by atoms with Crippen molar-refractivity contribution in [2.75, 3.05) is 0 Å². The van der Waals surface area contributed by atoms with E-state index in [1.807, 2.05) is 36.4 Å². The van der Waals surface area contributed by atoms with Gasteiger partial charge in [0.1, 0.15) is 5.75 Å². The maximum atomic E-state index is 12.0. The third-order valence-electron chi connectivity index (χ3n) is 2.93. The molecule has 1 unspecified atom stereocenters. The van der Waals surface area contributed by atoms with Crippen LogP contribution in [0.25, 0.3) is 0 Å². The van der Waals surface area contributed by atoms with Crippen molar-refractivity contribution in [3.8, 4) is 5.75 Å². The van der Waals surface area contributed by atoms with Gasteiger partial charge in [-0.2, -0.15) is 0 Å². The van der Waals surface area contributed by atoms with Gasteiger partial charge in [-0.25, -0.2) is 0 Å². The third-order valence-corrected chi connectivity index (χ3v) is 2.93. The first-order valence-corrected chi connectivity index (χ1v) is 6.73. The molecule has 0 aromatic heterocycles. The second kappa shape index (κ2) is 7.24. The van der Waals surface area contributed by atoms with E-state index in [9.17, 15) is 9.59 Å². The molecule has 21 heavy (non-hydrogen) atoms. The number of hydrogen-bond donors (Lipinski definition) is 1. The molecule has 0 aliphatic carbocycles. The van der Waals surface area contributed by atoms with E-state index < -0.39 is 0 Å². The third kappa shape index (κ3) is 4.76. The van der Waals surface area contributed by atoms with E-state index in [-0.39, 0.29) is 24.3 Å². The highest BCUT2D eigenvalue weighted by atomic mass is 16.5. The van der Waals surface area contributed by atoms with Crippen LogP contribution in [0, 0.1) is 0 Å². The lowest BCUT2D eigenvalue weighted by molar-refractivity contribution is -0.135. The van der Waals surface area contributed by atoms with Crippen molar-refractivity contribution >= 4 is 11.9 Å². The number of esters is 1. The van der Waals surface area contributed by atoms with Crippen LogP contribution in [0.15, 0.2) is 60.7 Å². The lowest BCUT2D eigenvalue weighted by Crippen LogP contribution is -2.29. The summed E-state index contributed by atoms with van der Waals surface area (Å²) in [5, 5.41) is 2.77. The van der Waals surface area contributed by atoms with Gasteiger partial charge in [-0.1, -0.05) is 48.5 Å². The van der Waals surface area contributed by atoms with E-state index in [0.29, 0.717) is 5.75 Å². The molecule has 4 heteroatoms. The van der Waals surface area contributed by atoms with Gasteiger partial charge < -0.3 is 10.1 Å². The smallest absolute Gasteiger partial charge is 0.313 e. The van der Waals surface area contributed by atoms with Crippen LogP contribution in [0.2, 0.25) is 0 Å². The van der Waals surface area contributed by atoms with Crippen LogP contribution in [0.3, 0.4) is 0 Å². The SMILES string of the molecule is CC(=O)NC(CC(=O)Oc1ccccc1)c1ccccc1. The molecule has 0 radical (unpaired) electrons. The number of benzene rings is 2. The summed E-state index contributed by atoms with van der Waals surface area (Å²) in [5.41, 5.74) is 0.873. The van der Waals surface area contributed by atoms with Crippen molar-refractivity contribution in [3.05, 3.63) is 66.2 Å². The molecule has 0 bridgehead atoms. The first-order valence-electron chi connectivity index (χ1n) is 6.73. The van der Waals surface area contributed by atoms with Gasteiger partial charge in [-0.3, -0.25) is 9.59 Å². The Kier molecular flexibility index (Phi) is 5.10. The second-order valence-electron chi connectivity index (χ2n) is 4.66. The highest BCUT2D eigenvalue weighted by Gasteiger charge is 2.18. The summed E-state index contributed by atoms with van der Waals surface area (Å²) in [6.07, 6.45) is 0.0818. The van der Waals surface area contributed by atoms with Gasteiger partial charge in [0.15, 0.2) is 0 Å². The fourth-order valence-corrected chi connectivity index (χ4v) is 2.01. The molecule has 0 aliphatic rings. The number of amides is 1. The number of nitrogens with one attached hydrogen (secondary N) is 1. The number of carbonyl (C=O) groups is 2. The second-order valence-corrected chi connectivity index (χ2v) is 4.66. The highest BCUT2D eigenvalue weighted by molar-refractivity contribution is 5.77. The number of para-hydroxylation sites is 1. The molecule has 2 aromatic rings. The van der Waals surface area contributed by atoms with Crippen molar-refractivity contribution in [1.29, 1.82) is 0 Å². The summed E-state index contributed by atoms with van der Waals surface area (Å²) in [6, 6.07) is 17.8. The molecule has 0 spiro atoms. The largest absolute Gasteiger partial charge is 0.426 e. The molecule has 0 saturated carbocycles. The summed E-state index contributed by atoms with van der Waals surface area (Å²) in [7, 11) is 0. The fourth-order valence-electron chi connectivity index (χ4n) is 2.01. The Morgan fingerprint density at radius 3 is 2.14 bits per heavy atom. The number of carbonyl (C=O) groups excluding carboxylic acids is 2. The fraction of sp³-hybridized carbons (Fsp3) is 0.176. The predicted molar refractivity (Wildman–Crippen MR) is 79.7 cm³/mol. The maximum Gasteiger partial charge on any atom is 0.313 e. The van der Waals surface area contributed by atoms with Crippen molar-refractivity contribution < 1.29 is 14.3 Å². The zero-order valence-corrected chi connectivity index (χ0v) is 11.8. The molecular weight excluding hydrogens is 266 g/mol. The Bertz CT molecular complexity index is 596. The van der Waals surface area contributed by atoms with Gasteiger partial charge in [0.2, 0.25) is 5.91 Å². The molecule has 0 fully saturated rings. The zero-order valence-electron chi connectivity index (χ0n) is 11.8. The predicted octanol–water partition coefficient (Wildman–Crippen LogP) is 2.86. The quantitative estimate of drug-likeness (QED) is 0.678. The lowest BCUT2D eigenvalue weighted by Gasteiger charge is -2.17. The Labute approximate surface area is 123 Å².